The minimum atomic E-state index is -0.743. The van der Waals surface area contributed by atoms with Gasteiger partial charge in [0.15, 0.2) is 0 Å². The Kier molecular flexibility index (Phi) is 4.21. The Morgan fingerprint density at radius 2 is 2.27 bits per heavy atom. The molecule has 0 saturated carbocycles. The molecule has 0 amide bonds. The van der Waals surface area contributed by atoms with Crippen molar-refractivity contribution in [3.05, 3.63) is 45.7 Å². The van der Waals surface area contributed by atoms with Crippen molar-refractivity contribution in [2.24, 2.45) is 0 Å². The van der Waals surface area contributed by atoms with Crippen LogP contribution in [-0.4, -0.2) is 35.7 Å². The summed E-state index contributed by atoms with van der Waals surface area (Å²) < 4.78 is 13.4. The van der Waals surface area contributed by atoms with Crippen LogP contribution in [0.25, 0.3) is 10.9 Å². The fourth-order valence-corrected chi connectivity index (χ4v) is 2.98. The topological polar surface area (TPSA) is 59.9 Å². The first-order valence-electron chi connectivity index (χ1n) is 7.58. The van der Waals surface area contributed by atoms with E-state index in [-0.39, 0.29) is 5.56 Å². The van der Waals surface area contributed by atoms with Crippen molar-refractivity contribution in [3.8, 4) is 6.07 Å². The summed E-state index contributed by atoms with van der Waals surface area (Å²) in [5, 5.41) is 9.81. The molecule has 1 aliphatic rings. The van der Waals surface area contributed by atoms with Gasteiger partial charge in [0.2, 0.25) is 0 Å². The van der Waals surface area contributed by atoms with Crippen LogP contribution in [-0.2, 0) is 6.42 Å². The third-order valence-corrected chi connectivity index (χ3v) is 4.20. The summed E-state index contributed by atoms with van der Waals surface area (Å²) in [6, 6.07) is 9.19. The van der Waals surface area contributed by atoms with Crippen molar-refractivity contribution in [2.75, 3.05) is 19.6 Å². The van der Waals surface area contributed by atoms with Gasteiger partial charge in [-0.25, -0.2) is 4.39 Å². The molecule has 114 valence electrons. The van der Waals surface area contributed by atoms with E-state index in [4.69, 9.17) is 5.26 Å². The van der Waals surface area contributed by atoms with Crippen molar-refractivity contribution in [1.29, 1.82) is 5.26 Å². The van der Waals surface area contributed by atoms with Crippen LogP contribution in [0.5, 0.6) is 0 Å². The first-order valence-corrected chi connectivity index (χ1v) is 7.58. The first-order chi connectivity index (χ1) is 10.7. The fraction of sp³-hybridized carbons (Fsp3) is 0.412. The molecule has 0 aliphatic carbocycles. The summed E-state index contributed by atoms with van der Waals surface area (Å²) in [6.45, 7) is 2.07. The predicted octanol–water partition coefficient (Wildman–Crippen LogP) is 2.38. The molecule has 4 nitrogen and oxygen atoms in total. The number of halogens is 1. The molecule has 5 heteroatoms. The Morgan fingerprint density at radius 3 is 3.05 bits per heavy atom. The molecule has 2 aromatic rings. The number of pyridine rings is 1. The summed E-state index contributed by atoms with van der Waals surface area (Å²) >= 11 is 0. The Labute approximate surface area is 128 Å². The Hall–Kier alpha value is -2.19. The molecule has 22 heavy (non-hydrogen) atoms. The zero-order valence-electron chi connectivity index (χ0n) is 12.3. The van der Waals surface area contributed by atoms with Crippen LogP contribution in [0.15, 0.2) is 29.1 Å². The van der Waals surface area contributed by atoms with Crippen LogP contribution < -0.4 is 5.56 Å². The molecular weight excluding hydrogens is 281 g/mol. The lowest BCUT2D eigenvalue weighted by molar-refractivity contribution is 0.140. The number of nitrogens with one attached hydrogen (secondary N) is 1. The van der Waals surface area contributed by atoms with Crippen molar-refractivity contribution in [1.82, 2.24) is 9.88 Å². The molecule has 1 aromatic carbocycles. The summed E-state index contributed by atoms with van der Waals surface area (Å²) in [5.41, 5.74) is 1.78. The number of fused-ring (bicyclic) bond motifs is 1. The lowest BCUT2D eigenvalue weighted by Gasteiger charge is -2.28. The Balaban J connectivity index is 1.78. The van der Waals surface area contributed by atoms with Gasteiger partial charge in [-0.05, 0) is 49.4 Å². The van der Waals surface area contributed by atoms with Crippen molar-refractivity contribution in [3.63, 3.8) is 0 Å². The van der Waals surface area contributed by atoms with E-state index in [1.165, 1.54) is 0 Å². The second-order valence-electron chi connectivity index (χ2n) is 5.83. The molecule has 1 aromatic heterocycles. The van der Waals surface area contributed by atoms with Crippen LogP contribution in [0.4, 0.5) is 4.39 Å². The largest absolute Gasteiger partial charge is 0.322 e. The smallest absolute Gasteiger partial charge is 0.251 e. The van der Waals surface area contributed by atoms with Crippen LogP contribution in [0.3, 0.4) is 0 Å². The summed E-state index contributed by atoms with van der Waals surface area (Å²) in [5.74, 6) is 0. The maximum atomic E-state index is 13.4. The molecule has 2 heterocycles. The molecule has 0 radical (unpaired) electrons. The van der Waals surface area contributed by atoms with Crippen LogP contribution >= 0.6 is 0 Å². The molecule has 3 rings (SSSR count). The first kappa shape index (κ1) is 14.7. The average Bonchev–Trinajstić information content (AvgIpc) is 2.52. The highest BCUT2D eigenvalue weighted by atomic mass is 19.1. The van der Waals surface area contributed by atoms with E-state index in [9.17, 15) is 9.18 Å². The average molecular weight is 299 g/mol. The van der Waals surface area contributed by atoms with Gasteiger partial charge in [0.25, 0.3) is 5.56 Å². The molecule has 0 bridgehead atoms. The SMILES string of the molecule is N#Cc1ccc2cc(CCN3CCCC(F)C3)c(=O)[nH]c2c1. The van der Waals surface area contributed by atoms with E-state index in [0.717, 1.165) is 18.4 Å². The highest BCUT2D eigenvalue weighted by Crippen LogP contribution is 2.15. The number of H-pyrrole nitrogens is 1. The monoisotopic (exact) mass is 299 g/mol. The van der Waals surface area contributed by atoms with Gasteiger partial charge in [0, 0.05) is 24.2 Å². The molecule has 1 N–H and O–H groups in total. The van der Waals surface area contributed by atoms with Gasteiger partial charge in [-0.15, -0.1) is 0 Å². The van der Waals surface area contributed by atoms with E-state index in [1.807, 2.05) is 12.1 Å². The van der Waals surface area contributed by atoms with Crippen LogP contribution in [0.1, 0.15) is 24.0 Å². The zero-order chi connectivity index (χ0) is 15.5. The maximum Gasteiger partial charge on any atom is 0.251 e. The van der Waals surface area contributed by atoms with Gasteiger partial charge >= 0.3 is 0 Å². The number of benzene rings is 1. The number of hydrogen-bond donors (Lipinski definition) is 1. The molecular formula is C17H18FN3O. The number of rotatable bonds is 3. The van der Waals surface area contributed by atoms with E-state index >= 15 is 0 Å². The van der Waals surface area contributed by atoms with Crippen molar-refractivity contribution in [2.45, 2.75) is 25.4 Å². The molecule has 1 saturated heterocycles. The number of aromatic nitrogens is 1. The molecule has 1 unspecified atom stereocenters. The number of piperidine rings is 1. The maximum absolute atomic E-state index is 13.4. The number of nitriles is 1. The third-order valence-electron chi connectivity index (χ3n) is 4.20. The van der Waals surface area contributed by atoms with E-state index in [1.54, 1.807) is 12.1 Å². The van der Waals surface area contributed by atoms with Gasteiger partial charge in [0.05, 0.1) is 11.6 Å². The lowest BCUT2D eigenvalue weighted by Crippen LogP contribution is -2.38. The normalized spacial score (nSPS) is 19.2. The number of nitrogens with zero attached hydrogens (tertiary/aromatic N) is 2. The van der Waals surface area contributed by atoms with Gasteiger partial charge in [-0.2, -0.15) is 5.26 Å². The second-order valence-corrected chi connectivity index (χ2v) is 5.83. The summed E-state index contributed by atoms with van der Waals surface area (Å²) in [6.07, 6.45) is 1.39. The number of alkyl halides is 1. The number of hydrogen-bond acceptors (Lipinski definition) is 3. The minimum absolute atomic E-state index is 0.128. The summed E-state index contributed by atoms with van der Waals surface area (Å²) in [7, 11) is 0. The van der Waals surface area contributed by atoms with E-state index in [0.29, 0.717) is 42.6 Å². The van der Waals surface area contributed by atoms with Gasteiger partial charge in [-0.1, -0.05) is 6.07 Å². The van der Waals surface area contributed by atoms with Gasteiger partial charge in [0.1, 0.15) is 6.17 Å². The van der Waals surface area contributed by atoms with E-state index < -0.39 is 6.17 Å². The molecule has 1 aliphatic heterocycles. The second kappa shape index (κ2) is 6.29. The third kappa shape index (κ3) is 3.18. The quantitative estimate of drug-likeness (QED) is 0.946. The summed E-state index contributed by atoms with van der Waals surface area (Å²) in [4.78, 5) is 17.0. The molecule has 1 fully saturated rings. The van der Waals surface area contributed by atoms with Gasteiger partial charge in [-0.3, -0.25) is 4.79 Å². The standard InChI is InChI=1S/C17H18FN3O/c18-15-2-1-6-21(11-15)7-5-14-9-13-4-3-12(10-19)8-16(13)20-17(14)22/h3-4,8-9,15H,1-2,5-7,11H2,(H,20,22). The van der Waals surface area contributed by atoms with Crippen LogP contribution in [0, 0.1) is 11.3 Å². The number of aromatic amines is 1. The minimum Gasteiger partial charge on any atom is -0.322 e. The zero-order valence-corrected chi connectivity index (χ0v) is 12.3. The van der Waals surface area contributed by atoms with Crippen LogP contribution in [0.2, 0.25) is 0 Å². The van der Waals surface area contributed by atoms with Crippen molar-refractivity contribution >= 4 is 10.9 Å². The highest BCUT2D eigenvalue weighted by molar-refractivity contribution is 5.80. The molecule has 0 spiro atoms. The number of likely N-dealkylation sites (tertiary alicyclic amines) is 1. The predicted molar refractivity (Wildman–Crippen MR) is 83.6 cm³/mol. The van der Waals surface area contributed by atoms with Crippen molar-refractivity contribution < 1.29 is 4.39 Å². The Bertz CT molecular complexity index is 778. The molecule has 1 atom stereocenters. The Morgan fingerprint density at radius 1 is 1.41 bits per heavy atom. The van der Waals surface area contributed by atoms with E-state index in [2.05, 4.69) is 16.0 Å². The lowest BCUT2D eigenvalue weighted by atomic mass is 10.1. The highest BCUT2D eigenvalue weighted by Gasteiger charge is 2.18. The van der Waals surface area contributed by atoms with Gasteiger partial charge < -0.3 is 9.88 Å². The fourth-order valence-electron chi connectivity index (χ4n) is 2.98.